The molecular formula is C16H18N2O4. The SMILES string of the molecule is COc1cccc(O)c1CNCc1ccc(C(=O)NO)cc1. The summed E-state index contributed by atoms with van der Waals surface area (Å²) in [6, 6.07) is 12.0. The molecule has 2 rings (SSSR count). The molecule has 0 aromatic heterocycles. The van der Waals surface area contributed by atoms with Gasteiger partial charge in [-0.3, -0.25) is 10.0 Å². The van der Waals surface area contributed by atoms with E-state index in [0.29, 0.717) is 30.0 Å². The van der Waals surface area contributed by atoms with Gasteiger partial charge in [-0.1, -0.05) is 18.2 Å². The maximum absolute atomic E-state index is 11.2. The van der Waals surface area contributed by atoms with E-state index < -0.39 is 5.91 Å². The first-order chi connectivity index (χ1) is 10.7. The molecule has 0 atom stereocenters. The van der Waals surface area contributed by atoms with Gasteiger partial charge < -0.3 is 15.2 Å². The highest BCUT2D eigenvalue weighted by molar-refractivity contribution is 5.93. The van der Waals surface area contributed by atoms with Crippen LogP contribution in [0.5, 0.6) is 11.5 Å². The van der Waals surface area contributed by atoms with E-state index in [4.69, 9.17) is 9.94 Å². The average molecular weight is 302 g/mol. The molecular weight excluding hydrogens is 284 g/mol. The van der Waals surface area contributed by atoms with Crippen LogP contribution in [-0.2, 0) is 13.1 Å². The number of amides is 1. The second kappa shape index (κ2) is 7.44. The van der Waals surface area contributed by atoms with Crippen molar-refractivity contribution in [3.05, 3.63) is 59.2 Å². The third kappa shape index (κ3) is 3.75. The molecule has 0 aliphatic heterocycles. The van der Waals surface area contributed by atoms with Crippen molar-refractivity contribution in [3.63, 3.8) is 0 Å². The molecule has 0 saturated carbocycles. The van der Waals surface area contributed by atoms with Crippen molar-refractivity contribution in [3.8, 4) is 11.5 Å². The van der Waals surface area contributed by atoms with Crippen molar-refractivity contribution in [2.45, 2.75) is 13.1 Å². The zero-order valence-corrected chi connectivity index (χ0v) is 12.2. The number of nitrogens with one attached hydrogen (secondary N) is 2. The molecule has 0 spiro atoms. The molecule has 116 valence electrons. The van der Waals surface area contributed by atoms with Crippen LogP contribution >= 0.6 is 0 Å². The Morgan fingerprint density at radius 1 is 1.14 bits per heavy atom. The molecule has 0 aliphatic rings. The Kier molecular flexibility index (Phi) is 5.35. The van der Waals surface area contributed by atoms with Gasteiger partial charge in [-0.2, -0.15) is 0 Å². The van der Waals surface area contributed by atoms with Crippen LogP contribution in [-0.4, -0.2) is 23.3 Å². The second-order valence-corrected chi connectivity index (χ2v) is 4.70. The number of phenols is 1. The van der Waals surface area contributed by atoms with Crippen molar-refractivity contribution in [1.29, 1.82) is 0 Å². The van der Waals surface area contributed by atoms with Gasteiger partial charge >= 0.3 is 0 Å². The number of hydroxylamine groups is 1. The minimum atomic E-state index is -0.543. The highest BCUT2D eigenvalue weighted by Gasteiger charge is 2.08. The number of phenolic OH excluding ortho intramolecular Hbond substituents is 1. The highest BCUT2D eigenvalue weighted by atomic mass is 16.5. The lowest BCUT2D eigenvalue weighted by molar-refractivity contribution is 0.0706. The van der Waals surface area contributed by atoms with E-state index in [1.165, 1.54) is 0 Å². The molecule has 22 heavy (non-hydrogen) atoms. The molecule has 0 heterocycles. The summed E-state index contributed by atoms with van der Waals surface area (Å²) in [5.74, 6) is 0.266. The molecule has 0 fully saturated rings. The zero-order valence-electron chi connectivity index (χ0n) is 12.2. The Balaban J connectivity index is 1.95. The number of ether oxygens (including phenoxy) is 1. The van der Waals surface area contributed by atoms with E-state index in [2.05, 4.69) is 5.32 Å². The van der Waals surface area contributed by atoms with Gasteiger partial charge in [0.2, 0.25) is 0 Å². The average Bonchev–Trinajstić information content (AvgIpc) is 2.56. The molecule has 4 N–H and O–H groups in total. The third-order valence-electron chi connectivity index (χ3n) is 3.28. The lowest BCUT2D eigenvalue weighted by atomic mass is 10.1. The van der Waals surface area contributed by atoms with Crippen molar-refractivity contribution in [1.82, 2.24) is 10.8 Å². The molecule has 2 aromatic carbocycles. The smallest absolute Gasteiger partial charge is 0.274 e. The summed E-state index contributed by atoms with van der Waals surface area (Å²) < 4.78 is 5.22. The van der Waals surface area contributed by atoms with E-state index in [9.17, 15) is 9.90 Å². The fourth-order valence-electron chi connectivity index (χ4n) is 2.09. The van der Waals surface area contributed by atoms with Crippen LogP contribution in [0.2, 0.25) is 0 Å². The van der Waals surface area contributed by atoms with Gasteiger partial charge in [-0.05, 0) is 29.8 Å². The van der Waals surface area contributed by atoms with E-state index in [1.807, 2.05) is 0 Å². The highest BCUT2D eigenvalue weighted by Crippen LogP contribution is 2.26. The van der Waals surface area contributed by atoms with Gasteiger partial charge in [0, 0.05) is 24.2 Å². The molecule has 2 aromatic rings. The lowest BCUT2D eigenvalue weighted by Gasteiger charge is -2.11. The number of carbonyl (C=O) groups is 1. The number of benzene rings is 2. The minimum Gasteiger partial charge on any atom is -0.507 e. The van der Waals surface area contributed by atoms with Gasteiger partial charge in [0.1, 0.15) is 11.5 Å². The van der Waals surface area contributed by atoms with Crippen LogP contribution in [0.4, 0.5) is 0 Å². The largest absolute Gasteiger partial charge is 0.507 e. The number of rotatable bonds is 6. The Bertz CT molecular complexity index is 641. The summed E-state index contributed by atoms with van der Waals surface area (Å²) in [7, 11) is 1.56. The van der Waals surface area contributed by atoms with Crippen LogP contribution in [0, 0.1) is 0 Å². The second-order valence-electron chi connectivity index (χ2n) is 4.70. The Labute approximate surface area is 128 Å². The van der Waals surface area contributed by atoms with Crippen molar-refractivity contribution in [2.24, 2.45) is 0 Å². The van der Waals surface area contributed by atoms with E-state index >= 15 is 0 Å². The van der Waals surface area contributed by atoms with Gasteiger partial charge in [-0.25, -0.2) is 5.48 Å². The summed E-state index contributed by atoms with van der Waals surface area (Å²) in [6.45, 7) is 1.02. The molecule has 6 nitrogen and oxygen atoms in total. The Hall–Kier alpha value is -2.57. The van der Waals surface area contributed by atoms with Gasteiger partial charge in [-0.15, -0.1) is 0 Å². The topological polar surface area (TPSA) is 90.8 Å². The summed E-state index contributed by atoms with van der Waals surface area (Å²) in [5.41, 5.74) is 3.64. The molecule has 1 amide bonds. The minimum absolute atomic E-state index is 0.182. The quantitative estimate of drug-likeness (QED) is 0.482. The maximum atomic E-state index is 11.2. The molecule has 0 bridgehead atoms. The third-order valence-corrected chi connectivity index (χ3v) is 3.28. The molecule has 0 saturated heterocycles. The van der Waals surface area contributed by atoms with Gasteiger partial charge in [0.05, 0.1) is 7.11 Å². The number of carbonyl (C=O) groups excluding carboxylic acids is 1. The van der Waals surface area contributed by atoms with E-state index in [0.717, 1.165) is 5.56 Å². The number of methoxy groups -OCH3 is 1. The number of hydrogen-bond donors (Lipinski definition) is 4. The lowest BCUT2D eigenvalue weighted by Crippen LogP contribution is -2.18. The van der Waals surface area contributed by atoms with Crippen LogP contribution in [0.1, 0.15) is 21.5 Å². The van der Waals surface area contributed by atoms with E-state index in [-0.39, 0.29) is 5.75 Å². The van der Waals surface area contributed by atoms with Crippen molar-refractivity contribution >= 4 is 5.91 Å². The summed E-state index contributed by atoms with van der Waals surface area (Å²) >= 11 is 0. The van der Waals surface area contributed by atoms with Crippen molar-refractivity contribution < 1.29 is 19.8 Å². The van der Waals surface area contributed by atoms with Gasteiger partial charge in [0.15, 0.2) is 0 Å². The fraction of sp³-hybridized carbons (Fsp3) is 0.188. The monoisotopic (exact) mass is 302 g/mol. The number of hydrogen-bond acceptors (Lipinski definition) is 5. The predicted octanol–water partition coefficient (Wildman–Crippen LogP) is 1.81. The standard InChI is InChI=1S/C16H18N2O4/c1-22-15-4-2-3-14(19)13(15)10-17-9-11-5-7-12(8-6-11)16(20)18-21/h2-8,17,19,21H,9-10H2,1H3,(H,18,20). The summed E-state index contributed by atoms with van der Waals surface area (Å²) in [6.07, 6.45) is 0. The predicted molar refractivity (Wildman–Crippen MR) is 80.9 cm³/mol. The first-order valence-corrected chi connectivity index (χ1v) is 6.74. The Morgan fingerprint density at radius 2 is 1.86 bits per heavy atom. The van der Waals surface area contributed by atoms with Crippen LogP contribution in [0.3, 0.4) is 0 Å². The summed E-state index contributed by atoms with van der Waals surface area (Å²) in [4.78, 5) is 11.2. The first kappa shape index (κ1) is 15.8. The molecule has 6 heteroatoms. The van der Waals surface area contributed by atoms with Crippen LogP contribution in [0.25, 0.3) is 0 Å². The fourth-order valence-corrected chi connectivity index (χ4v) is 2.09. The zero-order chi connectivity index (χ0) is 15.9. The molecule has 0 radical (unpaired) electrons. The first-order valence-electron chi connectivity index (χ1n) is 6.74. The number of aromatic hydroxyl groups is 1. The molecule has 0 aliphatic carbocycles. The molecule has 0 unspecified atom stereocenters. The Morgan fingerprint density at radius 3 is 2.50 bits per heavy atom. The summed E-state index contributed by atoms with van der Waals surface area (Å²) in [5, 5.41) is 21.6. The van der Waals surface area contributed by atoms with Crippen molar-refractivity contribution in [2.75, 3.05) is 7.11 Å². The van der Waals surface area contributed by atoms with Crippen LogP contribution in [0.15, 0.2) is 42.5 Å². The maximum Gasteiger partial charge on any atom is 0.274 e. The van der Waals surface area contributed by atoms with Gasteiger partial charge in [0.25, 0.3) is 5.91 Å². The van der Waals surface area contributed by atoms with E-state index in [1.54, 1.807) is 55.1 Å². The normalized spacial score (nSPS) is 10.3. The van der Waals surface area contributed by atoms with Crippen LogP contribution < -0.4 is 15.5 Å².